The van der Waals surface area contributed by atoms with E-state index in [0.29, 0.717) is 30.3 Å². The van der Waals surface area contributed by atoms with Crippen LogP contribution in [0.2, 0.25) is 0 Å². The number of hydrogen-bond acceptors (Lipinski definition) is 4. The smallest absolute Gasteiger partial charge is 0.315 e. The Bertz CT molecular complexity index is 963. The lowest BCUT2D eigenvalue weighted by atomic mass is 10.1. The van der Waals surface area contributed by atoms with E-state index >= 15 is 0 Å². The Balaban J connectivity index is 1.31. The van der Waals surface area contributed by atoms with Crippen LogP contribution in [0.3, 0.4) is 0 Å². The van der Waals surface area contributed by atoms with Gasteiger partial charge < -0.3 is 10.6 Å². The maximum Gasteiger partial charge on any atom is 0.315 e. The number of aromatic nitrogens is 3. The molecule has 0 spiro atoms. The average molecular weight is 385 g/mol. The molecule has 2 heterocycles. The Labute approximate surface area is 160 Å². The van der Waals surface area contributed by atoms with E-state index in [4.69, 9.17) is 0 Å². The van der Waals surface area contributed by atoms with Crippen LogP contribution in [-0.4, -0.2) is 20.8 Å². The van der Waals surface area contributed by atoms with Gasteiger partial charge in [0.05, 0.1) is 30.7 Å². The number of nitrogens with one attached hydrogen (secondary N) is 2. The highest BCUT2D eigenvalue weighted by Gasteiger charge is 2.28. The van der Waals surface area contributed by atoms with Gasteiger partial charge in [-0.3, -0.25) is 4.68 Å². The summed E-state index contributed by atoms with van der Waals surface area (Å²) < 4.78 is 15.7. The molecule has 1 aliphatic rings. The predicted molar refractivity (Wildman–Crippen MR) is 102 cm³/mol. The van der Waals surface area contributed by atoms with E-state index in [1.165, 1.54) is 35.8 Å². The molecule has 2 N–H and O–H groups in total. The van der Waals surface area contributed by atoms with E-state index in [2.05, 4.69) is 20.7 Å². The number of rotatable bonds is 6. The predicted octanol–water partition coefficient (Wildman–Crippen LogP) is 3.56. The van der Waals surface area contributed by atoms with Gasteiger partial charge in [-0.2, -0.15) is 5.10 Å². The first-order valence-corrected chi connectivity index (χ1v) is 9.71. The van der Waals surface area contributed by atoms with E-state index in [9.17, 15) is 9.18 Å². The van der Waals surface area contributed by atoms with Crippen molar-refractivity contribution < 1.29 is 9.18 Å². The van der Waals surface area contributed by atoms with E-state index in [-0.39, 0.29) is 11.8 Å². The molecule has 0 unspecified atom stereocenters. The molecule has 0 saturated heterocycles. The highest BCUT2D eigenvalue weighted by Crippen LogP contribution is 2.41. The van der Waals surface area contributed by atoms with Gasteiger partial charge in [-0.15, -0.1) is 11.3 Å². The third kappa shape index (κ3) is 4.00. The SMILES string of the molecule is Cn1ncc(C2CC2)c1CNC(=O)NCc1nc(-c2ccccc2F)cs1. The second-order valence-corrected chi connectivity index (χ2v) is 7.53. The molecule has 0 atom stereocenters. The van der Waals surface area contributed by atoms with Crippen LogP contribution < -0.4 is 10.6 Å². The molecule has 140 valence electrons. The lowest BCUT2D eigenvalue weighted by Gasteiger charge is -2.09. The topological polar surface area (TPSA) is 71.8 Å². The molecule has 8 heteroatoms. The summed E-state index contributed by atoms with van der Waals surface area (Å²) in [6.45, 7) is 0.734. The van der Waals surface area contributed by atoms with Crippen molar-refractivity contribution in [3.63, 3.8) is 0 Å². The van der Waals surface area contributed by atoms with E-state index < -0.39 is 0 Å². The zero-order valence-corrected chi connectivity index (χ0v) is 15.7. The highest BCUT2D eigenvalue weighted by atomic mass is 32.1. The minimum absolute atomic E-state index is 0.263. The minimum Gasteiger partial charge on any atom is -0.333 e. The summed E-state index contributed by atoms with van der Waals surface area (Å²) in [4.78, 5) is 16.5. The number of amides is 2. The minimum atomic E-state index is -0.303. The van der Waals surface area contributed by atoms with Gasteiger partial charge in [0.2, 0.25) is 0 Å². The van der Waals surface area contributed by atoms with Crippen LogP contribution in [0.5, 0.6) is 0 Å². The van der Waals surface area contributed by atoms with Gasteiger partial charge in [0, 0.05) is 18.0 Å². The monoisotopic (exact) mass is 385 g/mol. The molecule has 1 saturated carbocycles. The molecule has 6 nitrogen and oxygen atoms in total. The van der Waals surface area contributed by atoms with Crippen LogP contribution in [0, 0.1) is 5.82 Å². The van der Waals surface area contributed by atoms with Gasteiger partial charge in [0.15, 0.2) is 0 Å². The molecule has 2 amide bonds. The zero-order valence-electron chi connectivity index (χ0n) is 14.9. The molecule has 4 rings (SSSR count). The summed E-state index contributed by atoms with van der Waals surface area (Å²) in [6.07, 6.45) is 4.28. The van der Waals surface area contributed by atoms with Crippen molar-refractivity contribution in [2.24, 2.45) is 7.05 Å². The standard InChI is InChI=1S/C19H20FN5OS/c1-25-17(14(8-23-25)12-6-7-12)9-21-19(26)22-10-18-24-16(11-27-18)13-4-2-3-5-15(13)20/h2-5,8,11-12H,6-7,9-10H2,1H3,(H2,21,22,26). The van der Waals surface area contributed by atoms with E-state index in [1.807, 2.05) is 17.9 Å². The number of benzene rings is 1. The van der Waals surface area contributed by atoms with Gasteiger partial charge in [-0.1, -0.05) is 12.1 Å². The van der Waals surface area contributed by atoms with Crippen LogP contribution in [0.1, 0.15) is 35.0 Å². The molecule has 0 aliphatic heterocycles. The highest BCUT2D eigenvalue weighted by molar-refractivity contribution is 7.09. The summed E-state index contributed by atoms with van der Waals surface area (Å²) in [7, 11) is 1.89. The van der Waals surface area contributed by atoms with Crippen LogP contribution >= 0.6 is 11.3 Å². The quantitative estimate of drug-likeness (QED) is 0.682. The first-order chi connectivity index (χ1) is 13.1. The lowest BCUT2D eigenvalue weighted by molar-refractivity contribution is 0.240. The van der Waals surface area contributed by atoms with E-state index in [1.54, 1.807) is 23.6 Å². The van der Waals surface area contributed by atoms with Crippen LogP contribution in [-0.2, 0) is 20.1 Å². The molecule has 0 bridgehead atoms. The molecule has 27 heavy (non-hydrogen) atoms. The molecular formula is C19H20FN5OS. The first kappa shape index (κ1) is 17.7. The molecule has 1 aromatic carbocycles. The maximum absolute atomic E-state index is 13.8. The lowest BCUT2D eigenvalue weighted by Crippen LogP contribution is -2.35. The number of halogens is 1. The third-order valence-corrected chi connectivity index (χ3v) is 5.48. The fourth-order valence-electron chi connectivity index (χ4n) is 3.00. The summed E-state index contributed by atoms with van der Waals surface area (Å²) in [5, 5.41) is 12.5. The number of carbonyl (C=O) groups excluding carboxylic acids is 1. The Kier molecular flexibility index (Phi) is 4.89. The van der Waals surface area contributed by atoms with Crippen LogP contribution in [0.4, 0.5) is 9.18 Å². The Morgan fingerprint density at radius 1 is 1.30 bits per heavy atom. The van der Waals surface area contributed by atoms with Crippen molar-refractivity contribution in [1.29, 1.82) is 0 Å². The first-order valence-electron chi connectivity index (χ1n) is 8.83. The summed E-state index contributed by atoms with van der Waals surface area (Å²) in [5.74, 6) is 0.286. The fraction of sp³-hybridized carbons (Fsp3) is 0.316. The maximum atomic E-state index is 13.8. The number of nitrogens with zero attached hydrogens (tertiary/aromatic N) is 3. The molecule has 0 radical (unpaired) electrons. The fourth-order valence-corrected chi connectivity index (χ4v) is 3.73. The molecule has 1 aliphatic carbocycles. The Morgan fingerprint density at radius 3 is 2.85 bits per heavy atom. The van der Waals surface area contributed by atoms with Gasteiger partial charge in [0.25, 0.3) is 0 Å². The summed E-state index contributed by atoms with van der Waals surface area (Å²) >= 11 is 1.39. The molecule has 3 aromatic rings. The normalized spacial score (nSPS) is 13.6. The number of hydrogen-bond donors (Lipinski definition) is 2. The van der Waals surface area contributed by atoms with Gasteiger partial charge in [0.1, 0.15) is 10.8 Å². The van der Waals surface area contributed by atoms with Gasteiger partial charge >= 0.3 is 6.03 Å². The second-order valence-electron chi connectivity index (χ2n) is 6.59. The Hall–Kier alpha value is -2.74. The van der Waals surface area contributed by atoms with E-state index in [0.717, 1.165) is 10.7 Å². The van der Waals surface area contributed by atoms with Crippen molar-refractivity contribution in [2.45, 2.75) is 31.8 Å². The molecular weight excluding hydrogens is 365 g/mol. The number of carbonyl (C=O) groups is 1. The van der Waals surface area contributed by atoms with Crippen LogP contribution in [0.25, 0.3) is 11.3 Å². The van der Waals surface area contributed by atoms with Crippen molar-refractivity contribution in [3.8, 4) is 11.3 Å². The van der Waals surface area contributed by atoms with Crippen molar-refractivity contribution in [3.05, 3.63) is 57.9 Å². The molecule has 1 fully saturated rings. The van der Waals surface area contributed by atoms with Gasteiger partial charge in [-0.05, 0) is 36.5 Å². The number of thiazole rings is 1. The number of aryl methyl sites for hydroxylation is 1. The number of urea groups is 1. The zero-order chi connectivity index (χ0) is 18.8. The van der Waals surface area contributed by atoms with Gasteiger partial charge in [-0.25, -0.2) is 14.2 Å². The van der Waals surface area contributed by atoms with Crippen molar-refractivity contribution in [1.82, 2.24) is 25.4 Å². The third-order valence-electron chi connectivity index (χ3n) is 4.63. The summed E-state index contributed by atoms with van der Waals surface area (Å²) in [6, 6.07) is 6.26. The largest absolute Gasteiger partial charge is 0.333 e. The second kappa shape index (κ2) is 7.48. The molecule has 2 aromatic heterocycles. The van der Waals surface area contributed by atoms with Crippen molar-refractivity contribution in [2.75, 3.05) is 0 Å². The van der Waals surface area contributed by atoms with Crippen molar-refractivity contribution >= 4 is 17.4 Å². The summed E-state index contributed by atoms with van der Waals surface area (Å²) in [5.41, 5.74) is 3.32. The average Bonchev–Trinajstić information content (AvgIpc) is 3.28. The van der Waals surface area contributed by atoms with Crippen LogP contribution in [0.15, 0.2) is 35.8 Å². The Morgan fingerprint density at radius 2 is 2.07 bits per heavy atom.